The molecular weight excluding hydrogens is 282 g/mol. The Hall–Kier alpha value is -0.250. The summed E-state index contributed by atoms with van der Waals surface area (Å²) in [5, 5.41) is 3.45. The summed E-state index contributed by atoms with van der Waals surface area (Å²) < 4.78 is 1.13. The zero-order valence-electron chi connectivity index (χ0n) is 9.58. The van der Waals surface area contributed by atoms with Gasteiger partial charge in [0.1, 0.15) is 0 Å². The number of hydrogen-bond donors (Lipinski definition) is 1. The third-order valence-electron chi connectivity index (χ3n) is 2.18. The predicted molar refractivity (Wildman–Crippen MR) is 77.1 cm³/mol. The van der Waals surface area contributed by atoms with Gasteiger partial charge < -0.3 is 5.32 Å². The molecule has 88 valence electrons. The molecule has 0 saturated carbocycles. The van der Waals surface area contributed by atoms with Crippen LogP contribution < -0.4 is 5.32 Å². The van der Waals surface area contributed by atoms with Crippen LogP contribution in [0.3, 0.4) is 0 Å². The number of thioether (sulfide) groups is 1. The van der Waals surface area contributed by atoms with Gasteiger partial charge >= 0.3 is 0 Å². The fourth-order valence-corrected chi connectivity index (χ4v) is 2.48. The van der Waals surface area contributed by atoms with E-state index in [1.54, 1.807) is 0 Å². The first-order valence-electron chi connectivity index (χ1n) is 5.50. The summed E-state index contributed by atoms with van der Waals surface area (Å²) >= 11 is 5.29. The molecule has 1 N–H and O–H groups in total. The lowest BCUT2D eigenvalue weighted by atomic mass is 10.3. The summed E-state index contributed by atoms with van der Waals surface area (Å²) in [5.74, 6) is 1.03. The number of rotatable bonds is 7. The lowest BCUT2D eigenvalue weighted by Gasteiger charge is -2.13. The van der Waals surface area contributed by atoms with E-state index >= 15 is 0 Å². The van der Waals surface area contributed by atoms with Crippen LogP contribution >= 0.6 is 27.7 Å². The van der Waals surface area contributed by atoms with Crippen molar-refractivity contribution >= 4 is 27.7 Å². The largest absolute Gasteiger partial charge is 0.310 e. The van der Waals surface area contributed by atoms with Crippen molar-refractivity contribution in [3.63, 3.8) is 0 Å². The minimum Gasteiger partial charge on any atom is -0.310 e. The lowest BCUT2D eigenvalue weighted by Crippen LogP contribution is -2.29. The van der Waals surface area contributed by atoms with Crippen LogP contribution in [0.1, 0.15) is 13.3 Å². The first-order chi connectivity index (χ1) is 7.76. The standard InChI is InChI=1S/C13H18BrNS/c1-3-9-15-12(4-2)10-16-13-7-5-11(14)6-8-13/h4-8,12,15H,2-3,9-10H2,1H3. The van der Waals surface area contributed by atoms with E-state index < -0.39 is 0 Å². The molecule has 0 aliphatic rings. The van der Waals surface area contributed by atoms with Gasteiger partial charge in [-0.1, -0.05) is 28.9 Å². The topological polar surface area (TPSA) is 12.0 Å². The highest BCUT2D eigenvalue weighted by molar-refractivity contribution is 9.10. The summed E-state index contributed by atoms with van der Waals surface area (Å²) in [7, 11) is 0. The Kier molecular flexibility index (Phi) is 6.85. The summed E-state index contributed by atoms with van der Waals surface area (Å²) in [4.78, 5) is 1.30. The van der Waals surface area contributed by atoms with Crippen LogP contribution in [-0.4, -0.2) is 18.3 Å². The van der Waals surface area contributed by atoms with Gasteiger partial charge in [-0.3, -0.25) is 0 Å². The van der Waals surface area contributed by atoms with Gasteiger partial charge in [0.15, 0.2) is 0 Å². The summed E-state index contributed by atoms with van der Waals surface area (Å²) in [5.41, 5.74) is 0. The smallest absolute Gasteiger partial charge is 0.0342 e. The third kappa shape index (κ3) is 5.19. The van der Waals surface area contributed by atoms with Crippen LogP contribution in [0.15, 0.2) is 46.3 Å². The maximum Gasteiger partial charge on any atom is 0.0342 e. The molecule has 3 heteroatoms. The molecule has 1 rings (SSSR count). The molecule has 0 saturated heterocycles. The number of hydrogen-bond acceptors (Lipinski definition) is 2. The van der Waals surface area contributed by atoms with E-state index in [9.17, 15) is 0 Å². The van der Waals surface area contributed by atoms with Crippen molar-refractivity contribution in [3.8, 4) is 0 Å². The van der Waals surface area contributed by atoms with Crippen molar-refractivity contribution in [1.82, 2.24) is 5.32 Å². The Morgan fingerprint density at radius 3 is 2.69 bits per heavy atom. The monoisotopic (exact) mass is 299 g/mol. The van der Waals surface area contributed by atoms with E-state index in [1.807, 2.05) is 17.8 Å². The molecular formula is C13H18BrNS. The van der Waals surface area contributed by atoms with Crippen LogP contribution in [0, 0.1) is 0 Å². The van der Waals surface area contributed by atoms with Crippen LogP contribution in [0.2, 0.25) is 0 Å². The fourth-order valence-electron chi connectivity index (χ4n) is 1.26. The van der Waals surface area contributed by atoms with Crippen molar-refractivity contribution in [3.05, 3.63) is 41.4 Å². The van der Waals surface area contributed by atoms with Gasteiger partial charge in [-0.05, 0) is 37.2 Å². The highest BCUT2D eigenvalue weighted by atomic mass is 79.9. The average molecular weight is 300 g/mol. The molecule has 0 aromatic heterocycles. The van der Waals surface area contributed by atoms with Crippen LogP contribution in [-0.2, 0) is 0 Å². The first kappa shape index (κ1) is 13.8. The van der Waals surface area contributed by atoms with Gasteiger partial charge in [-0.25, -0.2) is 0 Å². The summed E-state index contributed by atoms with van der Waals surface area (Å²) in [6.07, 6.45) is 3.15. The second kappa shape index (κ2) is 7.93. The van der Waals surface area contributed by atoms with Crippen LogP contribution in [0.5, 0.6) is 0 Å². The second-order valence-corrected chi connectivity index (χ2v) is 5.57. The molecule has 0 aliphatic heterocycles. The van der Waals surface area contributed by atoms with Gasteiger partial charge in [-0.15, -0.1) is 18.3 Å². The zero-order valence-corrected chi connectivity index (χ0v) is 12.0. The Morgan fingerprint density at radius 2 is 2.12 bits per heavy atom. The van der Waals surface area contributed by atoms with Crippen molar-refractivity contribution in [1.29, 1.82) is 0 Å². The zero-order chi connectivity index (χ0) is 11.8. The van der Waals surface area contributed by atoms with Gasteiger partial charge in [0.2, 0.25) is 0 Å². The van der Waals surface area contributed by atoms with E-state index in [4.69, 9.17) is 0 Å². The molecule has 16 heavy (non-hydrogen) atoms. The van der Waals surface area contributed by atoms with E-state index in [-0.39, 0.29) is 0 Å². The molecule has 0 aliphatic carbocycles. The van der Waals surface area contributed by atoms with Crippen molar-refractivity contribution in [2.45, 2.75) is 24.3 Å². The van der Waals surface area contributed by atoms with E-state index in [0.717, 1.165) is 23.2 Å². The Labute approximate surface area is 111 Å². The molecule has 1 atom stereocenters. The molecule has 0 bridgehead atoms. The highest BCUT2D eigenvalue weighted by Gasteiger charge is 2.03. The first-order valence-corrected chi connectivity index (χ1v) is 7.28. The van der Waals surface area contributed by atoms with Gasteiger partial charge in [0.05, 0.1) is 0 Å². The maximum atomic E-state index is 3.86. The highest BCUT2D eigenvalue weighted by Crippen LogP contribution is 2.21. The second-order valence-electron chi connectivity index (χ2n) is 3.56. The van der Waals surface area contributed by atoms with Gasteiger partial charge in [-0.2, -0.15) is 0 Å². The minimum absolute atomic E-state index is 0.397. The van der Waals surface area contributed by atoms with Crippen LogP contribution in [0.4, 0.5) is 0 Å². The number of nitrogens with one attached hydrogen (secondary N) is 1. The van der Waals surface area contributed by atoms with E-state index in [0.29, 0.717) is 6.04 Å². The number of halogens is 1. The van der Waals surface area contributed by atoms with Gasteiger partial charge in [0, 0.05) is 21.2 Å². The van der Waals surface area contributed by atoms with Crippen molar-refractivity contribution < 1.29 is 0 Å². The Balaban J connectivity index is 2.37. The van der Waals surface area contributed by atoms with Crippen LogP contribution in [0.25, 0.3) is 0 Å². The molecule has 0 spiro atoms. The normalized spacial score (nSPS) is 12.4. The average Bonchev–Trinajstić information content (AvgIpc) is 2.32. The molecule has 1 unspecified atom stereocenters. The SMILES string of the molecule is C=CC(CSc1ccc(Br)cc1)NCCC. The van der Waals surface area contributed by atoms with Gasteiger partial charge in [0.25, 0.3) is 0 Å². The summed E-state index contributed by atoms with van der Waals surface area (Å²) in [6, 6.07) is 8.81. The van der Waals surface area contributed by atoms with E-state index in [1.165, 1.54) is 4.90 Å². The van der Waals surface area contributed by atoms with E-state index in [2.05, 4.69) is 59.0 Å². The summed E-state index contributed by atoms with van der Waals surface area (Å²) in [6.45, 7) is 7.09. The molecule has 1 aromatic carbocycles. The lowest BCUT2D eigenvalue weighted by molar-refractivity contribution is 0.630. The third-order valence-corrected chi connectivity index (χ3v) is 3.84. The Morgan fingerprint density at radius 1 is 1.44 bits per heavy atom. The Bertz CT molecular complexity index is 310. The molecule has 1 aromatic rings. The molecule has 0 radical (unpaired) electrons. The maximum absolute atomic E-state index is 3.86. The predicted octanol–water partition coefficient (Wildman–Crippen LogP) is 4.10. The minimum atomic E-state index is 0.397. The van der Waals surface area contributed by atoms with Crippen molar-refractivity contribution in [2.75, 3.05) is 12.3 Å². The molecule has 0 fully saturated rings. The molecule has 0 amide bonds. The molecule has 1 nitrogen and oxygen atoms in total. The van der Waals surface area contributed by atoms with Crippen molar-refractivity contribution in [2.24, 2.45) is 0 Å². The number of benzene rings is 1. The quantitative estimate of drug-likeness (QED) is 0.601. The fraction of sp³-hybridized carbons (Fsp3) is 0.385. The molecule has 0 heterocycles.